The van der Waals surface area contributed by atoms with Gasteiger partial charge in [0.25, 0.3) is 0 Å². The van der Waals surface area contributed by atoms with Crippen LogP contribution >= 0.6 is 0 Å². The molecule has 10 nitrogen and oxygen atoms in total. The zero-order valence-electron chi connectivity index (χ0n) is 19.8. The Bertz CT molecular complexity index is 1170. The van der Waals surface area contributed by atoms with Gasteiger partial charge in [-0.1, -0.05) is 17.3 Å². The number of esters is 1. The van der Waals surface area contributed by atoms with E-state index in [1.807, 2.05) is 26.0 Å². The van der Waals surface area contributed by atoms with Gasteiger partial charge in [0, 0.05) is 11.8 Å². The molecule has 0 spiro atoms. The zero-order chi connectivity index (χ0) is 24.8. The van der Waals surface area contributed by atoms with Gasteiger partial charge in [0.05, 0.1) is 39.0 Å². The number of aromatic nitrogens is 3. The predicted octanol–water partition coefficient (Wildman–Crippen LogP) is 3.12. The average Bonchev–Trinajstić information content (AvgIpc) is 3.23. The molecular weight excluding hydrogens is 440 g/mol. The van der Waals surface area contributed by atoms with Crippen molar-refractivity contribution in [3.63, 3.8) is 0 Å². The second kappa shape index (κ2) is 10.7. The Hall–Kier alpha value is -4.08. The highest BCUT2D eigenvalue weighted by Gasteiger charge is 2.29. The molecule has 1 heterocycles. The summed E-state index contributed by atoms with van der Waals surface area (Å²) in [5.74, 6) is 0.126. The van der Waals surface area contributed by atoms with E-state index in [1.165, 1.54) is 23.9 Å². The first kappa shape index (κ1) is 24.6. The van der Waals surface area contributed by atoms with E-state index in [0.717, 1.165) is 5.56 Å². The van der Waals surface area contributed by atoms with Crippen LogP contribution in [0.1, 0.15) is 52.9 Å². The van der Waals surface area contributed by atoms with E-state index in [0.29, 0.717) is 17.2 Å². The van der Waals surface area contributed by atoms with E-state index < -0.39 is 11.8 Å². The SMILES string of the molecule is CCOC(=O)c1c(C(=O)c2cc(OC(C)C)c(OC)cc2N)nnn1Cc1ccc(OC)cc1. The molecule has 2 N–H and O–H groups in total. The van der Waals surface area contributed by atoms with Crippen LogP contribution in [-0.4, -0.2) is 53.7 Å². The quantitative estimate of drug-likeness (QED) is 0.271. The number of nitrogens with zero attached hydrogens (tertiary/aromatic N) is 3. The van der Waals surface area contributed by atoms with Crippen LogP contribution in [0.2, 0.25) is 0 Å². The molecule has 0 unspecified atom stereocenters. The fourth-order valence-corrected chi connectivity index (χ4v) is 3.29. The number of carbonyl (C=O) groups is 2. The molecule has 0 radical (unpaired) electrons. The Labute approximate surface area is 197 Å². The van der Waals surface area contributed by atoms with Crippen LogP contribution in [-0.2, 0) is 11.3 Å². The first-order chi connectivity index (χ1) is 16.3. The lowest BCUT2D eigenvalue weighted by Gasteiger charge is -2.16. The number of hydrogen-bond donors (Lipinski definition) is 1. The van der Waals surface area contributed by atoms with Crippen molar-refractivity contribution in [2.75, 3.05) is 26.6 Å². The number of benzene rings is 2. The van der Waals surface area contributed by atoms with Crippen LogP contribution < -0.4 is 19.9 Å². The van der Waals surface area contributed by atoms with Crippen molar-refractivity contribution in [3.8, 4) is 17.2 Å². The molecule has 0 aliphatic heterocycles. The minimum absolute atomic E-state index is 0.0655. The van der Waals surface area contributed by atoms with E-state index in [4.69, 9.17) is 24.7 Å². The first-order valence-corrected chi connectivity index (χ1v) is 10.7. The topological polar surface area (TPSA) is 128 Å². The zero-order valence-corrected chi connectivity index (χ0v) is 19.8. The van der Waals surface area contributed by atoms with Crippen LogP contribution in [0.3, 0.4) is 0 Å². The van der Waals surface area contributed by atoms with Gasteiger partial charge >= 0.3 is 5.97 Å². The van der Waals surface area contributed by atoms with E-state index >= 15 is 0 Å². The molecule has 0 saturated heterocycles. The highest BCUT2D eigenvalue weighted by Crippen LogP contribution is 2.34. The van der Waals surface area contributed by atoms with E-state index in [1.54, 1.807) is 26.2 Å². The van der Waals surface area contributed by atoms with Crippen LogP contribution in [0.15, 0.2) is 36.4 Å². The number of ether oxygens (including phenoxy) is 4. The van der Waals surface area contributed by atoms with Crippen molar-refractivity contribution in [2.45, 2.75) is 33.4 Å². The molecular formula is C24H28N4O6. The summed E-state index contributed by atoms with van der Waals surface area (Å²) in [6.45, 7) is 5.69. The standard InChI is InChI=1S/C24H28N4O6/c1-6-33-24(30)22-21(26-27-28(22)13-15-7-9-16(31-4)10-8-15)23(29)17-11-20(34-14(2)3)19(32-5)12-18(17)25/h7-12,14H,6,13,25H2,1-5H3. The second-order valence-electron chi connectivity index (χ2n) is 7.60. The maximum Gasteiger partial charge on any atom is 0.359 e. The second-order valence-corrected chi connectivity index (χ2v) is 7.60. The lowest BCUT2D eigenvalue weighted by molar-refractivity contribution is 0.0509. The van der Waals surface area contributed by atoms with Crippen LogP contribution in [0, 0.1) is 0 Å². The van der Waals surface area contributed by atoms with Crippen LogP contribution in [0.4, 0.5) is 5.69 Å². The smallest absolute Gasteiger partial charge is 0.359 e. The maximum absolute atomic E-state index is 13.5. The van der Waals surface area contributed by atoms with Crippen molar-refractivity contribution in [1.29, 1.82) is 0 Å². The summed E-state index contributed by atoms with van der Waals surface area (Å²) in [7, 11) is 3.05. The van der Waals surface area contributed by atoms with Crippen molar-refractivity contribution in [1.82, 2.24) is 15.0 Å². The highest BCUT2D eigenvalue weighted by molar-refractivity contribution is 6.15. The number of nitrogens with two attached hydrogens (primary N) is 1. The molecule has 0 aliphatic carbocycles. The molecule has 3 aromatic rings. The number of carbonyl (C=O) groups excluding carboxylic acids is 2. The molecule has 0 bridgehead atoms. The molecule has 3 rings (SSSR count). The maximum atomic E-state index is 13.5. The Morgan fingerprint density at radius 1 is 1.06 bits per heavy atom. The summed E-state index contributed by atoms with van der Waals surface area (Å²) in [5.41, 5.74) is 6.99. The first-order valence-electron chi connectivity index (χ1n) is 10.7. The summed E-state index contributed by atoms with van der Waals surface area (Å²) in [5, 5.41) is 8.07. The monoisotopic (exact) mass is 468 g/mol. The van der Waals surface area contributed by atoms with Gasteiger partial charge in [-0.05, 0) is 44.5 Å². The van der Waals surface area contributed by atoms with Crippen molar-refractivity contribution < 1.29 is 28.5 Å². The average molecular weight is 469 g/mol. The summed E-state index contributed by atoms with van der Waals surface area (Å²) in [4.78, 5) is 26.3. The number of anilines is 1. The van der Waals surface area contributed by atoms with Gasteiger partial charge < -0.3 is 24.7 Å². The van der Waals surface area contributed by atoms with Gasteiger partial charge in [-0.2, -0.15) is 0 Å². The van der Waals surface area contributed by atoms with E-state index in [-0.39, 0.29) is 41.9 Å². The number of methoxy groups -OCH3 is 2. The normalized spacial score (nSPS) is 10.8. The van der Waals surface area contributed by atoms with Gasteiger partial charge in [0.2, 0.25) is 5.78 Å². The summed E-state index contributed by atoms with van der Waals surface area (Å²) < 4.78 is 22.8. The van der Waals surface area contributed by atoms with E-state index in [9.17, 15) is 9.59 Å². The molecule has 34 heavy (non-hydrogen) atoms. The number of nitrogen functional groups attached to an aromatic ring is 1. The minimum atomic E-state index is -0.713. The third-order valence-electron chi connectivity index (χ3n) is 4.85. The van der Waals surface area contributed by atoms with Crippen LogP contribution in [0.25, 0.3) is 0 Å². The van der Waals surface area contributed by atoms with Gasteiger partial charge in [-0.25, -0.2) is 9.48 Å². The lowest BCUT2D eigenvalue weighted by Crippen LogP contribution is -2.18. The fourth-order valence-electron chi connectivity index (χ4n) is 3.29. The van der Waals surface area contributed by atoms with Gasteiger partial charge in [-0.3, -0.25) is 4.79 Å². The fraction of sp³-hybridized carbons (Fsp3) is 0.333. The van der Waals surface area contributed by atoms with Gasteiger partial charge in [-0.15, -0.1) is 5.10 Å². The molecule has 0 amide bonds. The molecule has 1 aromatic heterocycles. The molecule has 0 saturated carbocycles. The third-order valence-corrected chi connectivity index (χ3v) is 4.85. The summed E-state index contributed by atoms with van der Waals surface area (Å²) >= 11 is 0. The number of rotatable bonds is 10. The van der Waals surface area contributed by atoms with Crippen LogP contribution in [0.5, 0.6) is 17.2 Å². The Kier molecular flexibility index (Phi) is 7.72. The number of ketones is 1. The van der Waals surface area contributed by atoms with Crippen molar-refractivity contribution in [2.24, 2.45) is 0 Å². The largest absolute Gasteiger partial charge is 0.497 e. The third kappa shape index (κ3) is 5.28. The minimum Gasteiger partial charge on any atom is -0.497 e. The molecule has 10 heteroatoms. The lowest BCUT2D eigenvalue weighted by atomic mass is 10.0. The van der Waals surface area contributed by atoms with Gasteiger partial charge in [0.1, 0.15) is 5.75 Å². The summed E-state index contributed by atoms with van der Waals surface area (Å²) in [6, 6.07) is 10.2. The van der Waals surface area contributed by atoms with Crippen molar-refractivity contribution in [3.05, 3.63) is 58.9 Å². The molecule has 0 fully saturated rings. The Morgan fingerprint density at radius 2 is 1.76 bits per heavy atom. The predicted molar refractivity (Wildman–Crippen MR) is 125 cm³/mol. The molecule has 0 atom stereocenters. The highest BCUT2D eigenvalue weighted by atomic mass is 16.5. The summed E-state index contributed by atoms with van der Waals surface area (Å²) in [6.07, 6.45) is -0.166. The van der Waals surface area contributed by atoms with Crippen molar-refractivity contribution >= 4 is 17.4 Å². The molecule has 2 aromatic carbocycles. The Morgan fingerprint density at radius 3 is 2.35 bits per heavy atom. The molecule has 0 aliphatic rings. The molecule has 180 valence electrons. The Balaban J connectivity index is 2.04. The van der Waals surface area contributed by atoms with E-state index in [2.05, 4.69) is 10.3 Å². The van der Waals surface area contributed by atoms with Gasteiger partial charge in [0.15, 0.2) is 22.9 Å². The number of hydrogen-bond acceptors (Lipinski definition) is 9.